The summed E-state index contributed by atoms with van der Waals surface area (Å²) in [6, 6.07) is 8.56. The molecule has 0 aromatic heterocycles. The van der Waals surface area contributed by atoms with E-state index in [1.807, 2.05) is 30.3 Å². The molecule has 4 heteroatoms. The van der Waals surface area contributed by atoms with Gasteiger partial charge >= 0.3 is 0 Å². The predicted molar refractivity (Wildman–Crippen MR) is 67.4 cm³/mol. The molecule has 0 radical (unpaired) electrons. The minimum absolute atomic E-state index is 0.128. The summed E-state index contributed by atoms with van der Waals surface area (Å²) in [5.74, 6) is 2.17. The van der Waals surface area contributed by atoms with Crippen molar-refractivity contribution in [3.63, 3.8) is 0 Å². The first-order valence-corrected chi connectivity index (χ1v) is 5.79. The maximum absolute atomic E-state index is 12.3. The zero-order valence-electron chi connectivity index (χ0n) is 9.93. The maximum Gasteiger partial charge on any atom is 0.250 e. The Hall–Kier alpha value is -2.28. The highest BCUT2D eigenvalue weighted by atomic mass is 16.2. The van der Waals surface area contributed by atoms with Crippen LogP contribution in [0.2, 0.25) is 0 Å². The standard InChI is InChI=1S/C14H14N2O2/c1-2-9-16-10-8-12(17)15-13(14(16)18)11-6-4-3-5-7-11/h1,3-7,13H,8-10H2,(H,15,17). The smallest absolute Gasteiger partial charge is 0.250 e. The van der Waals surface area contributed by atoms with E-state index in [4.69, 9.17) is 6.42 Å². The van der Waals surface area contributed by atoms with E-state index >= 15 is 0 Å². The first kappa shape index (κ1) is 12.2. The number of terminal acetylenes is 1. The van der Waals surface area contributed by atoms with Crippen molar-refractivity contribution in [2.45, 2.75) is 12.5 Å². The van der Waals surface area contributed by atoms with Crippen LogP contribution in [0.1, 0.15) is 18.0 Å². The first-order chi connectivity index (χ1) is 8.72. The summed E-state index contributed by atoms with van der Waals surface area (Å²) in [6.07, 6.45) is 5.53. The van der Waals surface area contributed by atoms with Crippen LogP contribution in [0.5, 0.6) is 0 Å². The molecule has 2 rings (SSSR count). The third kappa shape index (κ3) is 2.51. The van der Waals surface area contributed by atoms with Crippen molar-refractivity contribution >= 4 is 11.8 Å². The molecule has 0 saturated carbocycles. The van der Waals surface area contributed by atoms with Crippen LogP contribution in [0.15, 0.2) is 30.3 Å². The van der Waals surface area contributed by atoms with Crippen LogP contribution < -0.4 is 5.32 Å². The van der Waals surface area contributed by atoms with Crippen molar-refractivity contribution in [2.24, 2.45) is 0 Å². The summed E-state index contributed by atoms with van der Waals surface area (Å²) < 4.78 is 0. The Morgan fingerprint density at radius 1 is 1.33 bits per heavy atom. The van der Waals surface area contributed by atoms with E-state index < -0.39 is 6.04 Å². The van der Waals surface area contributed by atoms with Crippen molar-refractivity contribution in [3.8, 4) is 12.3 Å². The lowest BCUT2D eigenvalue weighted by molar-refractivity contribution is -0.133. The molecule has 18 heavy (non-hydrogen) atoms. The molecule has 1 atom stereocenters. The van der Waals surface area contributed by atoms with E-state index in [0.29, 0.717) is 6.54 Å². The molecule has 1 aromatic rings. The Kier molecular flexibility index (Phi) is 3.63. The molecule has 0 bridgehead atoms. The Bertz CT molecular complexity index is 490. The number of hydrogen-bond donors (Lipinski definition) is 1. The number of carbonyl (C=O) groups is 2. The summed E-state index contributed by atoms with van der Waals surface area (Å²) in [6.45, 7) is 0.606. The summed E-state index contributed by atoms with van der Waals surface area (Å²) in [4.78, 5) is 25.5. The van der Waals surface area contributed by atoms with E-state index in [1.165, 1.54) is 4.90 Å². The third-order valence-corrected chi connectivity index (χ3v) is 2.89. The van der Waals surface area contributed by atoms with E-state index in [0.717, 1.165) is 5.56 Å². The normalized spacial score (nSPS) is 19.9. The van der Waals surface area contributed by atoms with Crippen LogP contribution in [0.4, 0.5) is 0 Å². The van der Waals surface area contributed by atoms with Crippen LogP contribution in [0.3, 0.4) is 0 Å². The second-order valence-electron chi connectivity index (χ2n) is 4.13. The number of nitrogens with zero attached hydrogens (tertiary/aromatic N) is 1. The van der Waals surface area contributed by atoms with Crippen molar-refractivity contribution in [1.29, 1.82) is 0 Å². The average Bonchev–Trinajstić information content (AvgIpc) is 2.53. The highest BCUT2D eigenvalue weighted by molar-refractivity contribution is 5.91. The van der Waals surface area contributed by atoms with Gasteiger partial charge in [-0.3, -0.25) is 9.59 Å². The first-order valence-electron chi connectivity index (χ1n) is 5.79. The quantitative estimate of drug-likeness (QED) is 0.776. The molecule has 1 fully saturated rings. The average molecular weight is 242 g/mol. The highest BCUT2D eigenvalue weighted by Crippen LogP contribution is 2.18. The van der Waals surface area contributed by atoms with Gasteiger partial charge in [0.15, 0.2) is 0 Å². The van der Waals surface area contributed by atoms with Crippen LogP contribution >= 0.6 is 0 Å². The highest BCUT2D eigenvalue weighted by Gasteiger charge is 2.30. The van der Waals surface area contributed by atoms with Crippen LogP contribution in [0.25, 0.3) is 0 Å². The van der Waals surface area contributed by atoms with E-state index in [2.05, 4.69) is 11.2 Å². The van der Waals surface area contributed by atoms with E-state index in [9.17, 15) is 9.59 Å². The van der Waals surface area contributed by atoms with Gasteiger partial charge in [-0.15, -0.1) is 6.42 Å². The lowest BCUT2D eigenvalue weighted by atomic mass is 10.1. The summed E-state index contributed by atoms with van der Waals surface area (Å²) >= 11 is 0. The van der Waals surface area contributed by atoms with Crippen molar-refractivity contribution in [3.05, 3.63) is 35.9 Å². The monoisotopic (exact) mass is 242 g/mol. The lowest BCUT2D eigenvalue weighted by Gasteiger charge is -2.22. The van der Waals surface area contributed by atoms with Gasteiger partial charge in [-0.25, -0.2) is 0 Å². The van der Waals surface area contributed by atoms with Crippen LogP contribution in [-0.4, -0.2) is 29.8 Å². The Balaban J connectivity index is 2.29. The SMILES string of the molecule is C#CCN1CCC(=O)NC(c2ccccc2)C1=O. The number of hydrogen-bond acceptors (Lipinski definition) is 2. The van der Waals surface area contributed by atoms with Gasteiger partial charge in [0.05, 0.1) is 6.54 Å². The van der Waals surface area contributed by atoms with Crippen molar-refractivity contribution in [2.75, 3.05) is 13.1 Å². The van der Waals surface area contributed by atoms with Gasteiger partial charge in [-0.05, 0) is 5.56 Å². The van der Waals surface area contributed by atoms with Crippen molar-refractivity contribution in [1.82, 2.24) is 10.2 Å². The predicted octanol–water partition coefficient (Wildman–Crippen LogP) is 0.709. The Morgan fingerprint density at radius 3 is 2.72 bits per heavy atom. The number of rotatable bonds is 2. The van der Waals surface area contributed by atoms with Gasteiger partial charge in [-0.1, -0.05) is 36.3 Å². The minimum atomic E-state index is -0.630. The molecular formula is C14H14N2O2. The molecule has 1 aliphatic rings. The minimum Gasteiger partial charge on any atom is -0.340 e. The van der Waals surface area contributed by atoms with Gasteiger partial charge in [0.25, 0.3) is 5.91 Å². The molecule has 1 aromatic carbocycles. The molecule has 1 N–H and O–H groups in total. The fourth-order valence-electron chi connectivity index (χ4n) is 1.96. The van der Waals surface area contributed by atoms with Crippen LogP contribution in [0, 0.1) is 12.3 Å². The summed E-state index contributed by atoms with van der Waals surface area (Å²) in [5.41, 5.74) is 0.778. The third-order valence-electron chi connectivity index (χ3n) is 2.89. The zero-order valence-corrected chi connectivity index (χ0v) is 9.93. The number of carbonyl (C=O) groups excluding carboxylic acids is 2. The number of benzene rings is 1. The fourth-order valence-corrected chi connectivity index (χ4v) is 1.96. The largest absolute Gasteiger partial charge is 0.340 e. The van der Waals surface area contributed by atoms with Gasteiger partial charge in [-0.2, -0.15) is 0 Å². The second-order valence-corrected chi connectivity index (χ2v) is 4.13. The zero-order chi connectivity index (χ0) is 13.0. The van der Waals surface area contributed by atoms with E-state index in [-0.39, 0.29) is 24.8 Å². The van der Waals surface area contributed by atoms with Gasteiger partial charge in [0.2, 0.25) is 5.91 Å². The lowest BCUT2D eigenvalue weighted by Crippen LogP contribution is -2.38. The maximum atomic E-state index is 12.3. The second kappa shape index (κ2) is 5.37. The molecule has 1 aliphatic heterocycles. The van der Waals surface area contributed by atoms with Gasteiger partial charge < -0.3 is 10.2 Å². The Labute approximate surface area is 106 Å². The van der Waals surface area contributed by atoms with Crippen LogP contribution in [-0.2, 0) is 9.59 Å². The number of nitrogens with one attached hydrogen (secondary N) is 1. The molecule has 4 nitrogen and oxygen atoms in total. The molecule has 1 heterocycles. The molecule has 0 aliphatic carbocycles. The topological polar surface area (TPSA) is 49.4 Å². The van der Waals surface area contributed by atoms with E-state index in [1.54, 1.807) is 0 Å². The Morgan fingerprint density at radius 2 is 2.06 bits per heavy atom. The molecule has 1 saturated heterocycles. The molecular weight excluding hydrogens is 228 g/mol. The van der Waals surface area contributed by atoms with Gasteiger partial charge in [0, 0.05) is 13.0 Å². The number of amides is 2. The molecule has 2 amide bonds. The van der Waals surface area contributed by atoms with Gasteiger partial charge in [0.1, 0.15) is 6.04 Å². The van der Waals surface area contributed by atoms with Crippen molar-refractivity contribution < 1.29 is 9.59 Å². The molecule has 1 unspecified atom stereocenters. The fraction of sp³-hybridized carbons (Fsp3) is 0.286. The summed E-state index contributed by atoms with van der Waals surface area (Å²) in [7, 11) is 0. The molecule has 92 valence electrons. The summed E-state index contributed by atoms with van der Waals surface area (Å²) in [5, 5.41) is 2.73. The molecule has 0 spiro atoms.